The normalized spacial score (nSPS) is 11.7. The minimum absolute atomic E-state index is 0.0203. The summed E-state index contributed by atoms with van der Waals surface area (Å²) in [4.78, 5) is 11.9. The van der Waals surface area contributed by atoms with E-state index in [4.69, 9.17) is 4.74 Å². The molecule has 0 unspecified atom stereocenters. The van der Waals surface area contributed by atoms with Crippen molar-refractivity contribution in [2.24, 2.45) is 5.92 Å². The van der Waals surface area contributed by atoms with E-state index < -0.39 is 0 Å². The van der Waals surface area contributed by atoms with Gasteiger partial charge in [-0.25, -0.2) is 0 Å². The molecular weight excluding hydrogens is 476 g/mol. The minimum Gasteiger partial charge on any atom is -0.466 e. The Bertz CT molecular complexity index is 496. The van der Waals surface area contributed by atoms with Gasteiger partial charge < -0.3 is 4.74 Å². The lowest BCUT2D eigenvalue weighted by Gasteiger charge is -2.06. The summed E-state index contributed by atoms with van der Waals surface area (Å²) in [5, 5.41) is 0. The van der Waals surface area contributed by atoms with Gasteiger partial charge in [0, 0.05) is 6.42 Å². The van der Waals surface area contributed by atoms with Crippen molar-refractivity contribution < 1.29 is 9.53 Å². The third kappa shape index (κ3) is 35.2. The van der Waals surface area contributed by atoms with E-state index in [1.807, 2.05) is 0 Å². The molecule has 0 heterocycles. The van der Waals surface area contributed by atoms with Crippen LogP contribution in [0.1, 0.15) is 207 Å². The maximum Gasteiger partial charge on any atom is 0.305 e. The molecule has 0 saturated carbocycles. The van der Waals surface area contributed by atoms with E-state index in [9.17, 15) is 4.79 Å². The number of carbonyl (C=O) groups excluding carboxylic acids is 1. The fourth-order valence-corrected chi connectivity index (χ4v) is 5.37. The van der Waals surface area contributed by atoms with Crippen LogP contribution >= 0.6 is 0 Å². The van der Waals surface area contributed by atoms with E-state index in [1.54, 1.807) is 0 Å². The maximum atomic E-state index is 11.9. The lowest BCUT2D eigenvalue weighted by molar-refractivity contribution is -0.143. The number of allylic oxidation sites excluding steroid dienone is 2. The Morgan fingerprint density at radius 3 is 1.36 bits per heavy atom. The molecule has 0 bridgehead atoms. The third-order valence-corrected chi connectivity index (χ3v) is 8.08. The molecule has 0 atom stereocenters. The van der Waals surface area contributed by atoms with Crippen molar-refractivity contribution >= 4 is 5.97 Å². The van der Waals surface area contributed by atoms with E-state index in [0.29, 0.717) is 13.0 Å². The second-order valence-electron chi connectivity index (χ2n) is 12.7. The molecule has 0 aromatic rings. The summed E-state index contributed by atoms with van der Waals surface area (Å²) >= 11 is 0. The molecule has 0 aliphatic carbocycles. The molecule has 0 aromatic carbocycles. The molecule has 0 aliphatic rings. The number of hydrogen-bond donors (Lipinski definition) is 0. The molecular formula is C37H72O2. The van der Waals surface area contributed by atoms with Crippen LogP contribution in [0.2, 0.25) is 0 Å². The molecule has 0 spiro atoms. The highest BCUT2D eigenvalue weighted by Gasteiger charge is 2.03. The monoisotopic (exact) mass is 549 g/mol. The predicted molar refractivity (Wildman–Crippen MR) is 175 cm³/mol. The predicted octanol–water partition coefficient (Wildman–Crippen LogP) is 13.1. The molecule has 232 valence electrons. The largest absolute Gasteiger partial charge is 0.466 e. The molecule has 0 aliphatic heterocycles. The Labute approximate surface area is 246 Å². The van der Waals surface area contributed by atoms with Crippen molar-refractivity contribution in [3.63, 3.8) is 0 Å². The molecule has 0 amide bonds. The topological polar surface area (TPSA) is 26.3 Å². The first-order chi connectivity index (χ1) is 19.2. The van der Waals surface area contributed by atoms with Crippen molar-refractivity contribution in [2.75, 3.05) is 6.61 Å². The molecule has 0 saturated heterocycles. The number of rotatable bonds is 32. The molecule has 0 N–H and O–H groups in total. The van der Waals surface area contributed by atoms with Crippen LogP contribution < -0.4 is 0 Å². The molecule has 2 heteroatoms. The first kappa shape index (κ1) is 38.2. The summed E-state index contributed by atoms with van der Waals surface area (Å²) in [6.07, 6.45) is 42.7. The SMILES string of the molecule is CCCCCCCCC=CCCCCCCCCCC(=O)OCCCCCCCCCCCCCCC(C)C. The van der Waals surface area contributed by atoms with Gasteiger partial charge in [0.1, 0.15) is 0 Å². The molecule has 0 rings (SSSR count). The summed E-state index contributed by atoms with van der Waals surface area (Å²) in [5.74, 6) is 0.890. The Balaban J connectivity index is 3.19. The van der Waals surface area contributed by atoms with Crippen LogP contribution in [0.3, 0.4) is 0 Å². The quantitative estimate of drug-likeness (QED) is 0.0474. The Kier molecular flexibility index (Phi) is 32.7. The maximum absolute atomic E-state index is 11.9. The Morgan fingerprint density at radius 1 is 0.513 bits per heavy atom. The van der Waals surface area contributed by atoms with E-state index >= 15 is 0 Å². The minimum atomic E-state index is 0.0203. The van der Waals surface area contributed by atoms with Crippen molar-refractivity contribution in [1.29, 1.82) is 0 Å². The highest BCUT2D eigenvalue weighted by Crippen LogP contribution is 2.15. The van der Waals surface area contributed by atoms with Crippen LogP contribution in [0, 0.1) is 5.92 Å². The first-order valence-electron chi connectivity index (χ1n) is 18.0. The highest BCUT2D eigenvalue weighted by atomic mass is 16.5. The van der Waals surface area contributed by atoms with Gasteiger partial charge in [0.2, 0.25) is 0 Å². The smallest absolute Gasteiger partial charge is 0.305 e. The first-order valence-corrected chi connectivity index (χ1v) is 18.0. The second kappa shape index (κ2) is 33.4. The number of unbranched alkanes of at least 4 members (excludes halogenated alkanes) is 24. The second-order valence-corrected chi connectivity index (χ2v) is 12.7. The zero-order valence-corrected chi connectivity index (χ0v) is 27.3. The summed E-state index contributed by atoms with van der Waals surface area (Å²) in [5.41, 5.74) is 0. The van der Waals surface area contributed by atoms with Crippen molar-refractivity contribution in [3.8, 4) is 0 Å². The van der Waals surface area contributed by atoms with Crippen LogP contribution in [-0.2, 0) is 9.53 Å². The number of ether oxygens (including phenoxy) is 1. The molecule has 0 radical (unpaired) electrons. The molecule has 2 nitrogen and oxygen atoms in total. The Hall–Kier alpha value is -0.790. The zero-order valence-electron chi connectivity index (χ0n) is 27.3. The zero-order chi connectivity index (χ0) is 28.5. The van der Waals surface area contributed by atoms with E-state index in [-0.39, 0.29) is 5.97 Å². The van der Waals surface area contributed by atoms with Crippen molar-refractivity contribution in [2.45, 2.75) is 207 Å². The fourth-order valence-electron chi connectivity index (χ4n) is 5.37. The summed E-state index contributed by atoms with van der Waals surface area (Å²) in [7, 11) is 0. The van der Waals surface area contributed by atoms with Gasteiger partial charge in [-0.3, -0.25) is 4.79 Å². The average Bonchev–Trinajstić information content (AvgIpc) is 2.92. The van der Waals surface area contributed by atoms with Gasteiger partial charge in [0.05, 0.1) is 6.61 Å². The van der Waals surface area contributed by atoms with Gasteiger partial charge in [-0.2, -0.15) is 0 Å². The van der Waals surface area contributed by atoms with Crippen molar-refractivity contribution in [1.82, 2.24) is 0 Å². The summed E-state index contributed by atoms with van der Waals surface area (Å²) in [6, 6.07) is 0. The lowest BCUT2D eigenvalue weighted by Crippen LogP contribution is -2.05. The average molecular weight is 549 g/mol. The van der Waals surface area contributed by atoms with Gasteiger partial charge in [0.15, 0.2) is 0 Å². The highest BCUT2D eigenvalue weighted by molar-refractivity contribution is 5.69. The van der Waals surface area contributed by atoms with Gasteiger partial charge in [0.25, 0.3) is 0 Å². The van der Waals surface area contributed by atoms with Gasteiger partial charge in [-0.05, 0) is 44.4 Å². The number of esters is 1. The molecule has 0 aromatic heterocycles. The van der Waals surface area contributed by atoms with Gasteiger partial charge in [-0.1, -0.05) is 174 Å². The third-order valence-electron chi connectivity index (χ3n) is 8.08. The van der Waals surface area contributed by atoms with E-state index in [2.05, 4.69) is 32.9 Å². The number of carbonyl (C=O) groups is 1. The summed E-state index contributed by atoms with van der Waals surface area (Å²) < 4.78 is 5.44. The molecule has 0 fully saturated rings. The fraction of sp³-hybridized carbons (Fsp3) is 0.919. The Morgan fingerprint density at radius 2 is 0.897 bits per heavy atom. The van der Waals surface area contributed by atoms with E-state index in [0.717, 1.165) is 18.8 Å². The van der Waals surface area contributed by atoms with Crippen LogP contribution in [0.4, 0.5) is 0 Å². The van der Waals surface area contributed by atoms with Gasteiger partial charge in [-0.15, -0.1) is 0 Å². The van der Waals surface area contributed by atoms with Crippen LogP contribution in [0.15, 0.2) is 12.2 Å². The van der Waals surface area contributed by atoms with Crippen LogP contribution in [0.5, 0.6) is 0 Å². The van der Waals surface area contributed by atoms with Gasteiger partial charge >= 0.3 is 5.97 Å². The number of hydrogen-bond acceptors (Lipinski definition) is 2. The lowest BCUT2D eigenvalue weighted by atomic mass is 10.0. The van der Waals surface area contributed by atoms with Crippen LogP contribution in [0.25, 0.3) is 0 Å². The van der Waals surface area contributed by atoms with Crippen molar-refractivity contribution in [3.05, 3.63) is 12.2 Å². The summed E-state index contributed by atoms with van der Waals surface area (Å²) in [6.45, 7) is 7.57. The molecule has 39 heavy (non-hydrogen) atoms. The standard InChI is InChI=1S/C37H72O2/c1-4-5-6-7-8-9-10-11-12-13-14-15-19-22-25-28-31-34-37(38)39-35-32-29-26-23-20-17-16-18-21-24-27-30-33-36(2)3/h11-12,36H,4-10,13-35H2,1-3H3. The van der Waals surface area contributed by atoms with E-state index in [1.165, 1.54) is 167 Å². The van der Waals surface area contributed by atoms with Crippen LogP contribution in [-0.4, -0.2) is 12.6 Å².